The average Bonchev–Trinajstić information content (AvgIpc) is 2.43. The largest absolute Gasteiger partial charge is 0.493 e. The SMILES string of the molecule is Cc1cccc(OCCC(O)Cc2ccc(F)c(Cl)c2)c1. The molecular formula is C17H18ClFO2. The summed E-state index contributed by atoms with van der Waals surface area (Å²) in [4.78, 5) is 0. The monoisotopic (exact) mass is 308 g/mol. The lowest BCUT2D eigenvalue weighted by Crippen LogP contribution is -2.15. The van der Waals surface area contributed by atoms with Crippen LogP contribution in [0, 0.1) is 12.7 Å². The molecule has 0 aliphatic heterocycles. The second kappa shape index (κ2) is 7.43. The molecule has 0 aromatic heterocycles. The van der Waals surface area contributed by atoms with Gasteiger partial charge in [-0.3, -0.25) is 0 Å². The first-order valence-corrected chi connectivity index (χ1v) is 7.24. The third-order valence-corrected chi connectivity index (χ3v) is 3.45. The molecule has 2 aromatic rings. The first-order chi connectivity index (χ1) is 10.0. The molecule has 112 valence electrons. The third kappa shape index (κ3) is 5.03. The van der Waals surface area contributed by atoms with Crippen molar-refractivity contribution in [3.8, 4) is 5.75 Å². The first kappa shape index (κ1) is 15.8. The summed E-state index contributed by atoms with van der Waals surface area (Å²) in [5.74, 6) is 0.352. The summed E-state index contributed by atoms with van der Waals surface area (Å²) < 4.78 is 18.6. The van der Waals surface area contributed by atoms with Gasteiger partial charge in [0.25, 0.3) is 0 Å². The van der Waals surface area contributed by atoms with Crippen LogP contribution in [-0.2, 0) is 6.42 Å². The van der Waals surface area contributed by atoms with Gasteiger partial charge in [0.15, 0.2) is 0 Å². The average molecular weight is 309 g/mol. The molecule has 2 aromatic carbocycles. The molecule has 0 fully saturated rings. The van der Waals surface area contributed by atoms with Gasteiger partial charge in [-0.05, 0) is 48.7 Å². The zero-order valence-corrected chi connectivity index (χ0v) is 12.6. The second-order valence-corrected chi connectivity index (χ2v) is 5.47. The van der Waals surface area contributed by atoms with Gasteiger partial charge in [0.1, 0.15) is 11.6 Å². The Morgan fingerprint density at radius 3 is 2.76 bits per heavy atom. The molecule has 0 saturated heterocycles. The summed E-state index contributed by atoms with van der Waals surface area (Å²) in [6.45, 7) is 2.43. The Balaban J connectivity index is 1.79. The van der Waals surface area contributed by atoms with E-state index in [-0.39, 0.29) is 5.02 Å². The molecule has 0 heterocycles. The van der Waals surface area contributed by atoms with Gasteiger partial charge < -0.3 is 9.84 Å². The molecule has 2 rings (SSSR count). The van der Waals surface area contributed by atoms with Crippen LogP contribution in [0.25, 0.3) is 0 Å². The fourth-order valence-corrected chi connectivity index (χ4v) is 2.26. The molecule has 2 nitrogen and oxygen atoms in total. The summed E-state index contributed by atoms with van der Waals surface area (Å²) in [5, 5.41) is 10.1. The van der Waals surface area contributed by atoms with E-state index in [4.69, 9.17) is 16.3 Å². The molecule has 0 aliphatic carbocycles. The third-order valence-electron chi connectivity index (χ3n) is 3.16. The van der Waals surface area contributed by atoms with E-state index in [1.807, 2.05) is 31.2 Å². The van der Waals surface area contributed by atoms with Gasteiger partial charge in [0.2, 0.25) is 0 Å². The predicted octanol–water partition coefficient (Wildman–Crippen LogP) is 4.16. The van der Waals surface area contributed by atoms with Crippen LogP contribution in [-0.4, -0.2) is 17.8 Å². The molecule has 0 amide bonds. The Labute approximate surface area is 129 Å². The van der Waals surface area contributed by atoms with E-state index in [0.29, 0.717) is 19.4 Å². The van der Waals surface area contributed by atoms with Gasteiger partial charge >= 0.3 is 0 Å². The lowest BCUT2D eigenvalue weighted by atomic mass is 10.1. The maximum Gasteiger partial charge on any atom is 0.141 e. The smallest absolute Gasteiger partial charge is 0.141 e. The number of aliphatic hydroxyl groups excluding tert-OH is 1. The van der Waals surface area contributed by atoms with Crippen LogP contribution < -0.4 is 4.74 Å². The number of rotatable bonds is 6. The molecule has 0 aliphatic rings. The van der Waals surface area contributed by atoms with Crippen molar-refractivity contribution in [2.24, 2.45) is 0 Å². The lowest BCUT2D eigenvalue weighted by Gasteiger charge is -2.12. The van der Waals surface area contributed by atoms with Crippen molar-refractivity contribution >= 4 is 11.6 Å². The minimum Gasteiger partial charge on any atom is -0.493 e. The molecule has 0 spiro atoms. The molecule has 21 heavy (non-hydrogen) atoms. The molecule has 1 atom stereocenters. The highest BCUT2D eigenvalue weighted by Gasteiger charge is 2.08. The Hall–Kier alpha value is -1.58. The maximum atomic E-state index is 13.0. The number of aryl methyl sites for hydroxylation is 1. The van der Waals surface area contributed by atoms with E-state index in [1.165, 1.54) is 6.07 Å². The van der Waals surface area contributed by atoms with Crippen molar-refractivity contribution in [2.75, 3.05) is 6.61 Å². The van der Waals surface area contributed by atoms with E-state index in [2.05, 4.69) is 0 Å². The van der Waals surface area contributed by atoms with Crippen molar-refractivity contribution in [1.82, 2.24) is 0 Å². The Morgan fingerprint density at radius 2 is 2.05 bits per heavy atom. The zero-order valence-electron chi connectivity index (χ0n) is 11.9. The van der Waals surface area contributed by atoms with Gasteiger partial charge in [-0.15, -0.1) is 0 Å². The van der Waals surface area contributed by atoms with Crippen LogP contribution in [0.3, 0.4) is 0 Å². The fraction of sp³-hybridized carbons (Fsp3) is 0.294. The summed E-state index contributed by atoms with van der Waals surface area (Å²) in [6, 6.07) is 12.3. The lowest BCUT2D eigenvalue weighted by molar-refractivity contribution is 0.139. The maximum absolute atomic E-state index is 13.0. The van der Waals surface area contributed by atoms with E-state index in [1.54, 1.807) is 12.1 Å². The molecule has 0 saturated carbocycles. The second-order valence-electron chi connectivity index (χ2n) is 5.06. The topological polar surface area (TPSA) is 29.5 Å². The van der Waals surface area contributed by atoms with Crippen molar-refractivity contribution in [3.63, 3.8) is 0 Å². The summed E-state index contributed by atoms with van der Waals surface area (Å²) in [5.41, 5.74) is 1.94. The molecular weight excluding hydrogens is 291 g/mol. The van der Waals surface area contributed by atoms with Crippen LogP contribution in [0.2, 0.25) is 5.02 Å². The predicted molar refractivity (Wildman–Crippen MR) is 82.4 cm³/mol. The minimum absolute atomic E-state index is 0.0794. The fourth-order valence-electron chi connectivity index (χ4n) is 2.06. The molecule has 4 heteroatoms. The van der Waals surface area contributed by atoms with Gasteiger partial charge in [0.05, 0.1) is 17.7 Å². The molecule has 0 radical (unpaired) electrons. The van der Waals surface area contributed by atoms with E-state index in [0.717, 1.165) is 16.9 Å². The highest BCUT2D eigenvalue weighted by molar-refractivity contribution is 6.30. The molecule has 1 unspecified atom stereocenters. The number of aliphatic hydroxyl groups is 1. The van der Waals surface area contributed by atoms with Crippen molar-refractivity contribution in [2.45, 2.75) is 25.9 Å². The van der Waals surface area contributed by atoms with E-state index in [9.17, 15) is 9.50 Å². The van der Waals surface area contributed by atoms with Crippen LogP contribution in [0.1, 0.15) is 17.5 Å². The molecule has 1 N–H and O–H groups in total. The Bertz CT molecular complexity index is 601. The first-order valence-electron chi connectivity index (χ1n) is 6.86. The van der Waals surface area contributed by atoms with E-state index >= 15 is 0 Å². The quantitative estimate of drug-likeness (QED) is 0.868. The van der Waals surface area contributed by atoms with Crippen molar-refractivity contribution < 1.29 is 14.2 Å². The highest BCUT2D eigenvalue weighted by atomic mass is 35.5. The number of hydrogen-bond acceptors (Lipinski definition) is 2. The van der Waals surface area contributed by atoms with Crippen LogP contribution >= 0.6 is 11.6 Å². The number of benzene rings is 2. The normalized spacial score (nSPS) is 12.2. The number of ether oxygens (including phenoxy) is 1. The van der Waals surface area contributed by atoms with Crippen molar-refractivity contribution in [1.29, 1.82) is 0 Å². The number of hydrogen-bond donors (Lipinski definition) is 1. The highest BCUT2D eigenvalue weighted by Crippen LogP contribution is 2.18. The van der Waals surface area contributed by atoms with Crippen LogP contribution in [0.4, 0.5) is 4.39 Å². The van der Waals surface area contributed by atoms with Gasteiger partial charge in [0, 0.05) is 6.42 Å². The van der Waals surface area contributed by atoms with Gasteiger partial charge in [-0.2, -0.15) is 0 Å². The summed E-state index contributed by atoms with van der Waals surface area (Å²) in [6.07, 6.45) is 0.386. The number of halogens is 2. The van der Waals surface area contributed by atoms with Crippen molar-refractivity contribution in [3.05, 3.63) is 64.4 Å². The van der Waals surface area contributed by atoms with Crippen LogP contribution in [0.5, 0.6) is 5.75 Å². The van der Waals surface area contributed by atoms with Gasteiger partial charge in [-0.25, -0.2) is 4.39 Å². The van der Waals surface area contributed by atoms with E-state index < -0.39 is 11.9 Å². The Morgan fingerprint density at radius 1 is 1.24 bits per heavy atom. The standard InChI is InChI=1S/C17H18ClFO2/c1-12-3-2-4-15(9-12)21-8-7-14(20)10-13-5-6-17(19)16(18)11-13/h2-6,9,11,14,20H,7-8,10H2,1H3. The molecule has 0 bridgehead atoms. The Kier molecular flexibility index (Phi) is 5.59. The summed E-state index contributed by atoms with van der Waals surface area (Å²) >= 11 is 5.72. The zero-order chi connectivity index (χ0) is 15.2. The van der Waals surface area contributed by atoms with Crippen LogP contribution in [0.15, 0.2) is 42.5 Å². The minimum atomic E-state index is -0.545. The summed E-state index contributed by atoms with van der Waals surface area (Å²) in [7, 11) is 0. The van der Waals surface area contributed by atoms with Gasteiger partial charge in [-0.1, -0.05) is 29.8 Å².